The van der Waals surface area contributed by atoms with Crippen LogP contribution in [-0.4, -0.2) is 23.8 Å². The highest BCUT2D eigenvalue weighted by Crippen LogP contribution is 2.26. The van der Waals surface area contributed by atoms with Crippen LogP contribution in [0.4, 0.5) is 0 Å². The average molecular weight is 501 g/mol. The minimum Gasteiger partial charge on any atom is -0.496 e. The maximum atomic E-state index is 12.7. The average Bonchev–Trinajstić information content (AvgIpc) is 3.10. The zero-order valence-corrected chi connectivity index (χ0v) is 19.8. The van der Waals surface area contributed by atoms with E-state index < -0.39 is 0 Å². The van der Waals surface area contributed by atoms with Crippen LogP contribution in [0.5, 0.6) is 5.75 Å². The molecule has 1 aromatic heterocycles. The number of para-hydroxylation sites is 1. The molecule has 0 aliphatic carbocycles. The Hall–Kier alpha value is -3.89. The van der Waals surface area contributed by atoms with Gasteiger partial charge in [0.2, 0.25) is 0 Å². The molecule has 0 radical (unpaired) electrons. The number of carbonyl (C=O) groups excluding carboxylic acids is 1. The number of fused-ring (bicyclic) bond motifs is 1. The molecule has 0 saturated heterocycles. The van der Waals surface area contributed by atoms with Gasteiger partial charge in [-0.1, -0.05) is 46.3 Å². The second-order valence-electron chi connectivity index (χ2n) is 7.45. The van der Waals surface area contributed by atoms with Crippen molar-refractivity contribution in [2.75, 3.05) is 7.11 Å². The molecule has 0 unspecified atom stereocenters. The van der Waals surface area contributed by atoms with Crippen molar-refractivity contribution >= 4 is 39.0 Å². The number of hydrazone groups is 1. The van der Waals surface area contributed by atoms with Crippen LogP contribution in [0.15, 0.2) is 76.3 Å². The molecule has 4 rings (SSSR count). The first-order valence-corrected chi connectivity index (χ1v) is 11.0. The molecule has 0 saturated carbocycles. The number of benzene rings is 3. The summed E-state index contributed by atoms with van der Waals surface area (Å²) in [5, 5.41) is 14.3. The third kappa shape index (κ3) is 4.66. The van der Waals surface area contributed by atoms with Crippen LogP contribution in [0.1, 0.15) is 32.7 Å². The van der Waals surface area contributed by atoms with Gasteiger partial charge < -0.3 is 9.30 Å². The van der Waals surface area contributed by atoms with Crippen LogP contribution in [0, 0.1) is 18.3 Å². The number of nitriles is 1. The van der Waals surface area contributed by atoms with Crippen LogP contribution in [-0.2, 0) is 6.54 Å². The fourth-order valence-electron chi connectivity index (χ4n) is 3.77. The molecule has 0 aliphatic rings. The van der Waals surface area contributed by atoms with Crippen LogP contribution in [0.3, 0.4) is 0 Å². The molecule has 3 aromatic carbocycles. The number of carbonyl (C=O) groups is 1. The summed E-state index contributed by atoms with van der Waals surface area (Å²) >= 11 is 3.38. The molecule has 164 valence electrons. The normalized spacial score (nSPS) is 11.0. The van der Waals surface area contributed by atoms with E-state index in [9.17, 15) is 4.79 Å². The maximum absolute atomic E-state index is 12.7. The molecule has 0 bridgehead atoms. The van der Waals surface area contributed by atoms with Crippen molar-refractivity contribution in [2.45, 2.75) is 13.5 Å². The standard InChI is InChI=1S/C26H21BrN4O2/c1-17-23(15-29-30-26(32)22-13-20(27)11-12-25(22)33-2)21-5-3-4-6-24(21)31(17)16-19-9-7-18(14-28)8-10-19/h3-13,15H,16H2,1-2H3,(H,30,32)/b29-15-. The maximum Gasteiger partial charge on any atom is 0.275 e. The van der Waals surface area contributed by atoms with Crippen molar-refractivity contribution in [1.82, 2.24) is 9.99 Å². The van der Waals surface area contributed by atoms with Crippen molar-refractivity contribution in [1.29, 1.82) is 5.26 Å². The van der Waals surface area contributed by atoms with Gasteiger partial charge >= 0.3 is 0 Å². The van der Waals surface area contributed by atoms with Gasteiger partial charge in [-0.25, -0.2) is 5.43 Å². The molecule has 1 N–H and O–H groups in total. The molecule has 0 atom stereocenters. The Balaban J connectivity index is 1.62. The number of rotatable bonds is 6. The highest BCUT2D eigenvalue weighted by atomic mass is 79.9. The summed E-state index contributed by atoms with van der Waals surface area (Å²) in [6.07, 6.45) is 1.68. The fraction of sp³-hybridized carbons (Fsp3) is 0.115. The minimum absolute atomic E-state index is 0.358. The Morgan fingerprint density at radius 1 is 1.18 bits per heavy atom. The van der Waals surface area contributed by atoms with Crippen molar-refractivity contribution in [3.05, 3.63) is 99.2 Å². The smallest absolute Gasteiger partial charge is 0.275 e. The monoisotopic (exact) mass is 500 g/mol. The number of ether oxygens (including phenoxy) is 1. The largest absolute Gasteiger partial charge is 0.496 e. The molecule has 33 heavy (non-hydrogen) atoms. The van der Waals surface area contributed by atoms with Crippen molar-refractivity contribution in [3.8, 4) is 11.8 Å². The van der Waals surface area contributed by atoms with Crippen LogP contribution >= 0.6 is 15.9 Å². The van der Waals surface area contributed by atoms with Gasteiger partial charge in [-0.15, -0.1) is 0 Å². The summed E-state index contributed by atoms with van der Waals surface area (Å²) in [7, 11) is 1.52. The summed E-state index contributed by atoms with van der Waals surface area (Å²) in [6, 6.07) is 23.0. The first-order chi connectivity index (χ1) is 16.0. The number of hydrogen-bond acceptors (Lipinski definition) is 4. The second kappa shape index (κ2) is 9.72. The Morgan fingerprint density at radius 2 is 1.94 bits per heavy atom. The van der Waals surface area contributed by atoms with E-state index in [0.717, 1.165) is 32.2 Å². The molecule has 0 spiro atoms. The minimum atomic E-state index is -0.358. The highest BCUT2D eigenvalue weighted by molar-refractivity contribution is 9.10. The Bertz CT molecular complexity index is 1400. The quantitative estimate of drug-likeness (QED) is 0.284. The summed E-state index contributed by atoms with van der Waals surface area (Å²) in [4.78, 5) is 12.7. The molecule has 6 nitrogen and oxygen atoms in total. The van der Waals surface area contributed by atoms with Crippen LogP contribution in [0.25, 0.3) is 10.9 Å². The third-order valence-electron chi connectivity index (χ3n) is 5.47. The Labute approximate surface area is 200 Å². The Kier molecular flexibility index (Phi) is 6.57. The van der Waals surface area contributed by atoms with E-state index in [1.165, 1.54) is 7.11 Å². The Morgan fingerprint density at radius 3 is 2.67 bits per heavy atom. The number of hydrogen-bond donors (Lipinski definition) is 1. The van der Waals surface area contributed by atoms with E-state index in [1.54, 1.807) is 18.3 Å². The molecule has 7 heteroatoms. The van der Waals surface area contributed by atoms with Crippen molar-refractivity contribution < 1.29 is 9.53 Å². The van der Waals surface area contributed by atoms with E-state index in [0.29, 0.717) is 23.4 Å². The highest BCUT2D eigenvalue weighted by Gasteiger charge is 2.14. The van der Waals surface area contributed by atoms with Gasteiger partial charge in [0.15, 0.2) is 0 Å². The number of amides is 1. The number of aromatic nitrogens is 1. The molecule has 4 aromatic rings. The predicted octanol–water partition coefficient (Wildman–Crippen LogP) is 5.40. The lowest BCUT2D eigenvalue weighted by Crippen LogP contribution is -2.18. The predicted molar refractivity (Wildman–Crippen MR) is 133 cm³/mol. The number of nitrogens with one attached hydrogen (secondary N) is 1. The van der Waals surface area contributed by atoms with E-state index in [1.807, 2.05) is 55.5 Å². The summed E-state index contributed by atoms with van der Waals surface area (Å²) < 4.78 is 8.27. The summed E-state index contributed by atoms with van der Waals surface area (Å²) in [5.74, 6) is 0.115. The zero-order chi connectivity index (χ0) is 23.4. The first-order valence-electron chi connectivity index (χ1n) is 10.3. The molecule has 0 aliphatic heterocycles. The van der Waals surface area contributed by atoms with Gasteiger partial charge in [0.1, 0.15) is 5.75 Å². The lowest BCUT2D eigenvalue weighted by Gasteiger charge is -2.09. The van der Waals surface area contributed by atoms with Gasteiger partial charge in [-0.05, 0) is 48.9 Å². The van der Waals surface area contributed by atoms with E-state index in [4.69, 9.17) is 10.00 Å². The number of halogens is 1. The van der Waals surface area contributed by atoms with Gasteiger partial charge in [0, 0.05) is 33.2 Å². The summed E-state index contributed by atoms with van der Waals surface area (Å²) in [5.41, 5.74) is 7.75. The molecule has 1 heterocycles. The number of nitrogens with zero attached hydrogens (tertiary/aromatic N) is 3. The second-order valence-corrected chi connectivity index (χ2v) is 8.37. The molecular formula is C26H21BrN4O2. The SMILES string of the molecule is COc1ccc(Br)cc1C(=O)N/N=C\c1c(C)n(Cc2ccc(C#N)cc2)c2ccccc12. The van der Waals surface area contributed by atoms with Gasteiger partial charge in [-0.3, -0.25) is 4.79 Å². The van der Waals surface area contributed by atoms with Crippen LogP contribution < -0.4 is 10.2 Å². The lowest BCUT2D eigenvalue weighted by atomic mass is 10.1. The molecule has 0 fully saturated rings. The first kappa shape index (κ1) is 22.3. The van der Waals surface area contributed by atoms with Gasteiger partial charge in [0.25, 0.3) is 5.91 Å². The lowest BCUT2D eigenvalue weighted by molar-refractivity contribution is 0.0952. The topological polar surface area (TPSA) is 79.4 Å². The van der Waals surface area contributed by atoms with Gasteiger partial charge in [-0.2, -0.15) is 10.4 Å². The molecule has 1 amide bonds. The van der Waals surface area contributed by atoms with E-state index in [2.05, 4.69) is 43.2 Å². The third-order valence-corrected chi connectivity index (χ3v) is 5.96. The zero-order valence-electron chi connectivity index (χ0n) is 18.2. The van der Waals surface area contributed by atoms with Gasteiger partial charge in [0.05, 0.1) is 30.5 Å². The molecular weight excluding hydrogens is 480 g/mol. The van der Waals surface area contributed by atoms with E-state index in [-0.39, 0.29) is 5.91 Å². The van der Waals surface area contributed by atoms with E-state index >= 15 is 0 Å². The van der Waals surface area contributed by atoms with Crippen LogP contribution in [0.2, 0.25) is 0 Å². The van der Waals surface area contributed by atoms with Crippen molar-refractivity contribution in [2.24, 2.45) is 5.10 Å². The summed E-state index contributed by atoms with van der Waals surface area (Å²) in [6.45, 7) is 2.69. The van der Waals surface area contributed by atoms with Crippen molar-refractivity contribution in [3.63, 3.8) is 0 Å². The fourth-order valence-corrected chi connectivity index (χ4v) is 4.13. The number of methoxy groups -OCH3 is 1.